The first kappa shape index (κ1) is 23.8. The zero-order valence-corrected chi connectivity index (χ0v) is 20.8. The third-order valence-corrected chi connectivity index (χ3v) is 8.06. The number of fused-ring (bicyclic) bond motifs is 1. The van der Waals surface area contributed by atoms with Crippen molar-refractivity contribution in [2.45, 2.75) is 18.0 Å². The third-order valence-electron chi connectivity index (χ3n) is 5.43. The summed E-state index contributed by atoms with van der Waals surface area (Å²) in [5.74, 6) is -0.292. The first-order chi connectivity index (χ1) is 16.6. The number of nitrogens with zero attached hydrogens (tertiary/aromatic N) is 3. The van der Waals surface area contributed by atoms with E-state index in [4.69, 9.17) is 11.6 Å². The lowest BCUT2D eigenvalue weighted by atomic mass is 10.2. The van der Waals surface area contributed by atoms with E-state index in [9.17, 15) is 18.0 Å². The lowest BCUT2D eigenvalue weighted by molar-refractivity contribution is -0.137. The number of rotatable bonds is 2. The molecule has 0 spiro atoms. The van der Waals surface area contributed by atoms with Crippen LogP contribution in [0.4, 0.5) is 30.2 Å². The van der Waals surface area contributed by atoms with Crippen LogP contribution in [0.3, 0.4) is 0 Å². The molecule has 1 fully saturated rings. The van der Waals surface area contributed by atoms with E-state index in [0.717, 1.165) is 40.0 Å². The fraction of sp³-hybridized carbons (Fsp3) is 0.120. The number of thioether (sulfide) groups is 2. The van der Waals surface area contributed by atoms with Crippen molar-refractivity contribution in [1.29, 1.82) is 0 Å². The van der Waals surface area contributed by atoms with Crippen LogP contribution in [-0.4, -0.2) is 18.1 Å². The second kappa shape index (κ2) is 8.96. The Kier molecular flexibility index (Phi) is 6.11. The Balaban J connectivity index is 1.62. The predicted molar refractivity (Wildman–Crippen MR) is 138 cm³/mol. The second-order valence-corrected chi connectivity index (χ2v) is 10.4. The highest BCUT2D eigenvalue weighted by Gasteiger charge is 2.40. The van der Waals surface area contributed by atoms with Crippen molar-refractivity contribution in [1.82, 2.24) is 0 Å². The Morgan fingerprint density at radius 1 is 0.971 bits per heavy atom. The van der Waals surface area contributed by atoms with Crippen molar-refractivity contribution in [2.75, 3.05) is 16.8 Å². The standard InChI is InChI=1S/C25H17ClF3N3OS2/c1-14-5-3-8-18(11-14)32-22(33)21(23-31(2)19-13-16(26)9-10-20(19)34-23)35-24(32)30-17-7-4-6-15(12-17)25(27,28)29/h3-13H,1-2H3. The number of carbonyl (C=O) groups excluding carboxylic acids is 1. The SMILES string of the molecule is Cc1cccc(N2C(=O)C(=C3Sc4ccc(Cl)cc4N3C)SC2=Nc2cccc(C(F)(F)F)c2)c1. The van der Waals surface area contributed by atoms with Gasteiger partial charge in [0.2, 0.25) is 0 Å². The maximum absolute atomic E-state index is 13.7. The van der Waals surface area contributed by atoms with Gasteiger partial charge in [0, 0.05) is 17.0 Å². The van der Waals surface area contributed by atoms with E-state index in [2.05, 4.69) is 4.99 Å². The minimum Gasteiger partial charge on any atom is -0.337 e. The molecule has 0 N–H and O–H groups in total. The molecule has 4 nitrogen and oxygen atoms in total. The average molecular weight is 532 g/mol. The zero-order valence-electron chi connectivity index (χ0n) is 18.4. The molecular weight excluding hydrogens is 515 g/mol. The van der Waals surface area contributed by atoms with E-state index in [0.29, 0.717) is 20.6 Å². The van der Waals surface area contributed by atoms with E-state index >= 15 is 0 Å². The highest BCUT2D eigenvalue weighted by molar-refractivity contribution is 8.20. The van der Waals surface area contributed by atoms with Gasteiger partial charge in [-0.25, -0.2) is 4.99 Å². The maximum atomic E-state index is 13.7. The molecule has 2 aliphatic heterocycles. The number of aryl methyl sites for hydroxylation is 1. The number of alkyl halides is 3. The summed E-state index contributed by atoms with van der Waals surface area (Å²) in [6.07, 6.45) is -4.49. The number of carbonyl (C=O) groups is 1. The van der Waals surface area contributed by atoms with Crippen LogP contribution in [0.1, 0.15) is 11.1 Å². The summed E-state index contributed by atoms with van der Waals surface area (Å²) < 4.78 is 39.8. The summed E-state index contributed by atoms with van der Waals surface area (Å²) in [7, 11) is 1.85. The van der Waals surface area contributed by atoms with Gasteiger partial charge in [0.15, 0.2) is 5.17 Å². The second-order valence-electron chi connectivity index (χ2n) is 7.93. The number of hydrogen-bond acceptors (Lipinski definition) is 5. The summed E-state index contributed by atoms with van der Waals surface area (Å²) in [4.78, 5) is 22.9. The van der Waals surface area contributed by atoms with Crippen molar-refractivity contribution in [3.05, 3.63) is 92.8 Å². The van der Waals surface area contributed by atoms with Gasteiger partial charge in [-0.05, 0) is 72.8 Å². The van der Waals surface area contributed by atoms with Gasteiger partial charge in [0.1, 0.15) is 4.91 Å². The fourth-order valence-electron chi connectivity index (χ4n) is 3.75. The summed E-state index contributed by atoms with van der Waals surface area (Å²) in [6, 6.07) is 17.6. The first-order valence-electron chi connectivity index (χ1n) is 10.4. The minimum absolute atomic E-state index is 0.113. The van der Waals surface area contributed by atoms with Gasteiger partial charge in [-0.2, -0.15) is 13.2 Å². The summed E-state index contributed by atoms with van der Waals surface area (Å²) in [6.45, 7) is 1.90. The van der Waals surface area contributed by atoms with Crippen molar-refractivity contribution in [3.8, 4) is 0 Å². The maximum Gasteiger partial charge on any atom is 0.416 e. The van der Waals surface area contributed by atoms with Crippen molar-refractivity contribution in [2.24, 2.45) is 4.99 Å². The summed E-state index contributed by atoms with van der Waals surface area (Å²) in [5.41, 5.74) is 1.72. The van der Waals surface area contributed by atoms with Crippen LogP contribution in [0, 0.1) is 6.92 Å². The van der Waals surface area contributed by atoms with E-state index < -0.39 is 11.7 Å². The molecule has 3 aromatic rings. The van der Waals surface area contributed by atoms with Gasteiger partial charge < -0.3 is 4.90 Å². The van der Waals surface area contributed by atoms with Crippen LogP contribution in [0.2, 0.25) is 5.02 Å². The smallest absolute Gasteiger partial charge is 0.337 e. The van der Waals surface area contributed by atoms with E-state index in [-0.39, 0.29) is 16.8 Å². The lowest BCUT2D eigenvalue weighted by Crippen LogP contribution is -2.29. The quantitative estimate of drug-likeness (QED) is 0.315. The number of benzene rings is 3. The Hall–Kier alpha value is -2.88. The van der Waals surface area contributed by atoms with Crippen LogP contribution >= 0.6 is 35.1 Å². The molecule has 178 valence electrons. The zero-order chi connectivity index (χ0) is 24.9. The monoisotopic (exact) mass is 531 g/mol. The molecule has 1 saturated heterocycles. The molecule has 0 aromatic heterocycles. The molecule has 2 heterocycles. The topological polar surface area (TPSA) is 35.9 Å². The van der Waals surface area contributed by atoms with E-state index in [1.54, 1.807) is 12.1 Å². The van der Waals surface area contributed by atoms with Gasteiger partial charge in [0.05, 0.1) is 27.7 Å². The number of halogens is 4. The van der Waals surface area contributed by atoms with E-state index in [1.807, 2.05) is 49.2 Å². The highest BCUT2D eigenvalue weighted by Crippen LogP contribution is 2.51. The van der Waals surface area contributed by atoms with Crippen LogP contribution < -0.4 is 9.80 Å². The molecule has 0 bridgehead atoms. The van der Waals surface area contributed by atoms with Gasteiger partial charge in [-0.15, -0.1) is 0 Å². The molecule has 0 unspecified atom stereocenters. The molecule has 1 amide bonds. The number of anilines is 2. The average Bonchev–Trinajstić information content (AvgIpc) is 3.29. The predicted octanol–water partition coefficient (Wildman–Crippen LogP) is 7.85. The number of amides is 1. The Labute approximate surface area is 213 Å². The minimum atomic E-state index is -4.49. The largest absolute Gasteiger partial charge is 0.416 e. The Morgan fingerprint density at radius 3 is 2.49 bits per heavy atom. The van der Waals surface area contributed by atoms with Crippen molar-refractivity contribution >= 4 is 63.3 Å². The number of aliphatic imine (C=N–C) groups is 1. The van der Waals surface area contributed by atoms with Gasteiger partial charge in [-0.3, -0.25) is 9.69 Å². The van der Waals surface area contributed by atoms with Gasteiger partial charge in [0.25, 0.3) is 5.91 Å². The molecular formula is C25H17ClF3N3OS2. The molecule has 0 aliphatic carbocycles. The van der Waals surface area contributed by atoms with Gasteiger partial charge in [-0.1, -0.05) is 41.6 Å². The van der Waals surface area contributed by atoms with Gasteiger partial charge >= 0.3 is 6.18 Å². The highest BCUT2D eigenvalue weighted by atomic mass is 35.5. The molecule has 3 aromatic carbocycles. The number of amidine groups is 1. The molecule has 2 aliphatic rings. The third kappa shape index (κ3) is 4.55. The molecule has 10 heteroatoms. The normalized spacial score (nSPS) is 19.1. The van der Waals surface area contributed by atoms with Crippen LogP contribution in [0.25, 0.3) is 0 Å². The first-order valence-corrected chi connectivity index (χ1v) is 12.4. The fourth-order valence-corrected chi connectivity index (χ4v) is 6.25. The summed E-state index contributed by atoms with van der Waals surface area (Å²) >= 11 is 8.75. The molecule has 0 atom stereocenters. The molecule has 35 heavy (non-hydrogen) atoms. The molecule has 0 saturated carbocycles. The van der Waals surface area contributed by atoms with Crippen LogP contribution in [0.5, 0.6) is 0 Å². The molecule has 0 radical (unpaired) electrons. The van der Waals surface area contributed by atoms with Crippen molar-refractivity contribution < 1.29 is 18.0 Å². The Bertz CT molecular complexity index is 1420. The van der Waals surface area contributed by atoms with Crippen molar-refractivity contribution in [3.63, 3.8) is 0 Å². The lowest BCUT2D eigenvalue weighted by Gasteiger charge is -2.17. The van der Waals surface area contributed by atoms with E-state index in [1.165, 1.54) is 28.8 Å². The molecule has 5 rings (SSSR count). The van der Waals surface area contributed by atoms with Crippen LogP contribution in [-0.2, 0) is 11.0 Å². The Morgan fingerprint density at radius 2 is 1.74 bits per heavy atom. The summed E-state index contributed by atoms with van der Waals surface area (Å²) in [5, 5.41) is 1.58. The number of hydrogen-bond donors (Lipinski definition) is 0. The van der Waals surface area contributed by atoms with Crippen LogP contribution in [0.15, 0.2) is 86.6 Å².